The Morgan fingerprint density at radius 3 is 2.74 bits per heavy atom. The highest BCUT2D eigenvalue weighted by atomic mass is 35.5. The molecule has 1 aromatic heterocycles. The van der Waals surface area contributed by atoms with Crippen molar-refractivity contribution < 1.29 is 13.6 Å². The van der Waals surface area contributed by atoms with E-state index in [0.29, 0.717) is 6.54 Å². The Bertz CT molecular complexity index is 647. The highest BCUT2D eigenvalue weighted by Gasteiger charge is 2.17. The van der Waals surface area contributed by atoms with Gasteiger partial charge in [-0.15, -0.1) is 0 Å². The van der Waals surface area contributed by atoms with Gasteiger partial charge < -0.3 is 15.1 Å². The van der Waals surface area contributed by atoms with Crippen LogP contribution in [-0.2, 0) is 6.54 Å². The SMILES string of the molecule is CN(C)C(CNC(=O)NCc1ccc(F)c(Cl)c1)c1ccco1. The molecule has 0 saturated heterocycles. The minimum absolute atomic E-state index is 0.0372. The number of benzene rings is 1. The molecule has 1 atom stereocenters. The number of rotatable bonds is 6. The lowest BCUT2D eigenvalue weighted by Gasteiger charge is -2.22. The summed E-state index contributed by atoms with van der Waals surface area (Å²) in [6.45, 7) is 0.662. The molecule has 1 unspecified atom stereocenters. The molecule has 1 aromatic carbocycles. The van der Waals surface area contributed by atoms with E-state index >= 15 is 0 Å². The van der Waals surface area contributed by atoms with Gasteiger partial charge in [0, 0.05) is 13.1 Å². The fraction of sp³-hybridized carbons (Fsp3) is 0.312. The van der Waals surface area contributed by atoms with E-state index in [1.807, 2.05) is 31.1 Å². The molecule has 23 heavy (non-hydrogen) atoms. The number of urea groups is 1. The van der Waals surface area contributed by atoms with Crippen LogP contribution in [0.1, 0.15) is 17.4 Å². The first-order valence-electron chi connectivity index (χ1n) is 7.13. The van der Waals surface area contributed by atoms with Crippen molar-refractivity contribution in [2.24, 2.45) is 0 Å². The van der Waals surface area contributed by atoms with E-state index in [2.05, 4.69) is 10.6 Å². The molecular weight excluding hydrogens is 321 g/mol. The van der Waals surface area contributed by atoms with E-state index < -0.39 is 5.82 Å². The van der Waals surface area contributed by atoms with Crippen LogP contribution in [0.4, 0.5) is 9.18 Å². The summed E-state index contributed by atoms with van der Waals surface area (Å²) in [7, 11) is 3.82. The third-order valence-corrected chi connectivity index (χ3v) is 3.68. The van der Waals surface area contributed by atoms with Crippen LogP contribution in [0.15, 0.2) is 41.0 Å². The molecule has 7 heteroatoms. The molecule has 0 bridgehead atoms. The molecule has 2 aromatic rings. The number of carbonyl (C=O) groups excluding carboxylic acids is 1. The van der Waals surface area contributed by atoms with Gasteiger partial charge in [0.05, 0.1) is 17.3 Å². The monoisotopic (exact) mass is 339 g/mol. The van der Waals surface area contributed by atoms with E-state index in [-0.39, 0.29) is 23.6 Å². The highest BCUT2D eigenvalue weighted by Crippen LogP contribution is 2.17. The fourth-order valence-electron chi connectivity index (χ4n) is 2.10. The van der Waals surface area contributed by atoms with Gasteiger partial charge >= 0.3 is 6.03 Å². The zero-order chi connectivity index (χ0) is 16.8. The molecule has 0 spiro atoms. The summed E-state index contributed by atoms with van der Waals surface area (Å²) in [5, 5.41) is 5.53. The molecule has 2 amide bonds. The van der Waals surface area contributed by atoms with Crippen molar-refractivity contribution in [3.8, 4) is 0 Å². The largest absolute Gasteiger partial charge is 0.468 e. The van der Waals surface area contributed by atoms with Gasteiger partial charge in [-0.2, -0.15) is 0 Å². The quantitative estimate of drug-likeness (QED) is 0.850. The predicted molar refractivity (Wildman–Crippen MR) is 86.8 cm³/mol. The molecule has 0 aliphatic heterocycles. The summed E-state index contributed by atoms with van der Waals surface area (Å²) < 4.78 is 18.5. The molecule has 5 nitrogen and oxygen atoms in total. The maximum Gasteiger partial charge on any atom is 0.315 e. The Kier molecular flexibility index (Phi) is 6.01. The van der Waals surface area contributed by atoms with Crippen molar-refractivity contribution in [1.82, 2.24) is 15.5 Å². The summed E-state index contributed by atoms with van der Waals surface area (Å²) in [6.07, 6.45) is 1.60. The van der Waals surface area contributed by atoms with Crippen molar-refractivity contribution in [3.63, 3.8) is 0 Å². The number of nitrogens with zero attached hydrogens (tertiary/aromatic N) is 1. The molecule has 0 fully saturated rings. The summed E-state index contributed by atoms with van der Waals surface area (Å²) in [5.74, 6) is 0.299. The number of furan rings is 1. The number of amides is 2. The van der Waals surface area contributed by atoms with Gasteiger partial charge in [-0.25, -0.2) is 9.18 Å². The minimum Gasteiger partial charge on any atom is -0.468 e. The number of hydrogen-bond acceptors (Lipinski definition) is 3. The van der Waals surface area contributed by atoms with Crippen molar-refractivity contribution in [3.05, 3.63) is 58.8 Å². The molecule has 2 N–H and O–H groups in total. The van der Waals surface area contributed by atoms with E-state index in [9.17, 15) is 9.18 Å². The van der Waals surface area contributed by atoms with Gasteiger partial charge in [-0.05, 0) is 43.9 Å². The fourth-order valence-corrected chi connectivity index (χ4v) is 2.31. The van der Waals surface area contributed by atoms with E-state index in [4.69, 9.17) is 16.0 Å². The summed E-state index contributed by atoms with van der Waals surface area (Å²) in [5.41, 5.74) is 0.724. The molecule has 124 valence electrons. The number of hydrogen-bond donors (Lipinski definition) is 2. The molecule has 0 radical (unpaired) electrons. The Hall–Kier alpha value is -2.05. The first kappa shape index (κ1) is 17.3. The number of nitrogens with one attached hydrogen (secondary N) is 2. The van der Waals surface area contributed by atoms with Gasteiger partial charge in [0.1, 0.15) is 11.6 Å². The average Bonchev–Trinajstić information content (AvgIpc) is 3.02. The Morgan fingerprint density at radius 2 is 2.13 bits per heavy atom. The van der Waals surface area contributed by atoms with Crippen molar-refractivity contribution in [1.29, 1.82) is 0 Å². The molecule has 0 saturated carbocycles. The Labute approximate surface area is 139 Å². The smallest absolute Gasteiger partial charge is 0.315 e. The molecule has 0 aliphatic rings. The maximum absolute atomic E-state index is 13.1. The Morgan fingerprint density at radius 1 is 1.35 bits per heavy atom. The maximum atomic E-state index is 13.1. The van der Waals surface area contributed by atoms with Gasteiger partial charge in [0.15, 0.2) is 0 Å². The summed E-state index contributed by atoms with van der Waals surface area (Å²) in [6, 6.07) is 7.64. The first-order chi connectivity index (χ1) is 11.0. The van der Waals surface area contributed by atoms with Crippen LogP contribution in [0.5, 0.6) is 0 Å². The molecule has 0 aliphatic carbocycles. The van der Waals surface area contributed by atoms with E-state index in [1.165, 1.54) is 12.1 Å². The first-order valence-corrected chi connectivity index (χ1v) is 7.50. The van der Waals surface area contributed by atoms with Crippen molar-refractivity contribution in [2.75, 3.05) is 20.6 Å². The summed E-state index contributed by atoms with van der Waals surface area (Å²) >= 11 is 5.70. The van der Waals surface area contributed by atoms with E-state index in [1.54, 1.807) is 12.3 Å². The zero-order valence-electron chi connectivity index (χ0n) is 13.0. The lowest BCUT2D eigenvalue weighted by Crippen LogP contribution is -2.40. The number of halogens is 2. The number of carbonyl (C=O) groups is 1. The van der Waals surface area contributed by atoms with Crippen LogP contribution in [0.3, 0.4) is 0 Å². The Balaban J connectivity index is 1.83. The van der Waals surface area contributed by atoms with Gasteiger partial charge in [0.2, 0.25) is 0 Å². The third-order valence-electron chi connectivity index (χ3n) is 3.39. The van der Waals surface area contributed by atoms with Gasteiger partial charge in [0.25, 0.3) is 0 Å². The van der Waals surface area contributed by atoms with Crippen LogP contribution in [0.2, 0.25) is 5.02 Å². The second kappa shape index (κ2) is 7.99. The van der Waals surface area contributed by atoms with Crippen LogP contribution in [-0.4, -0.2) is 31.6 Å². The van der Waals surface area contributed by atoms with E-state index in [0.717, 1.165) is 11.3 Å². The van der Waals surface area contributed by atoms with Crippen LogP contribution >= 0.6 is 11.6 Å². The normalized spacial score (nSPS) is 12.2. The standard InChI is InChI=1S/C16H19ClFN3O2/c1-21(2)14(15-4-3-7-23-15)10-20-16(22)19-9-11-5-6-13(18)12(17)8-11/h3-8,14H,9-10H2,1-2H3,(H2,19,20,22). The second-order valence-electron chi connectivity index (χ2n) is 5.31. The second-order valence-corrected chi connectivity index (χ2v) is 5.71. The third kappa shape index (κ3) is 4.97. The highest BCUT2D eigenvalue weighted by molar-refractivity contribution is 6.30. The van der Waals surface area contributed by atoms with Crippen LogP contribution in [0.25, 0.3) is 0 Å². The predicted octanol–water partition coefficient (Wildman–Crippen LogP) is 3.17. The molecular formula is C16H19ClFN3O2. The van der Waals surface area contributed by atoms with Crippen LogP contribution in [0, 0.1) is 5.82 Å². The zero-order valence-corrected chi connectivity index (χ0v) is 13.7. The molecule has 2 rings (SSSR count). The lowest BCUT2D eigenvalue weighted by molar-refractivity contribution is 0.225. The van der Waals surface area contributed by atoms with Crippen molar-refractivity contribution >= 4 is 17.6 Å². The number of likely N-dealkylation sites (N-methyl/N-ethyl adjacent to an activating group) is 1. The lowest BCUT2D eigenvalue weighted by atomic mass is 10.2. The molecule has 1 heterocycles. The average molecular weight is 340 g/mol. The van der Waals surface area contributed by atoms with Crippen molar-refractivity contribution in [2.45, 2.75) is 12.6 Å². The van der Waals surface area contributed by atoms with Crippen LogP contribution < -0.4 is 10.6 Å². The minimum atomic E-state index is -0.479. The van der Waals surface area contributed by atoms with Gasteiger partial charge in [-0.1, -0.05) is 17.7 Å². The summed E-state index contributed by atoms with van der Waals surface area (Å²) in [4.78, 5) is 13.8. The topological polar surface area (TPSA) is 57.5 Å². The van der Waals surface area contributed by atoms with Gasteiger partial charge in [-0.3, -0.25) is 4.90 Å².